The first kappa shape index (κ1) is 18.0. The van der Waals surface area contributed by atoms with E-state index in [1.807, 2.05) is 49.5 Å². The molecular weight excluding hydrogens is 358 g/mol. The third kappa shape index (κ3) is 5.06. The molecule has 0 N–H and O–H groups in total. The van der Waals surface area contributed by atoms with Crippen molar-refractivity contribution in [1.82, 2.24) is 4.90 Å². The van der Waals surface area contributed by atoms with Crippen LogP contribution in [0.15, 0.2) is 47.4 Å². The third-order valence-electron chi connectivity index (χ3n) is 3.85. The predicted octanol–water partition coefficient (Wildman–Crippen LogP) is 4.25. The van der Waals surface area contributed by atoms with Crippen molar-refractivity contribution in [3.63, 3.8) is 0 Å². The van der Waals surface area contributed by atoms with Gasteiger partial charge in [0.05, 0.1) is 0 Å². The zero-order valence-electron chi connectivity index (χ0n) is 14.0. The summed E-state index contributed by atoms with van der Waals surface area (Å²) in [6, 6.07) is 13.5. The number of carbonyl (C=O) groups is 1. The van der Waals surface area contributed by atoms with Gasteiger partial charge in [-0.05, 0) is 42.0 Å². The third-order valence-corrected chi connectivity index (χ3v) is 5.12. The van der Waals surface area contributed by atoms with Gasteiger partial charge < -0.3 is 14.4 Å². The van der Waals surface area contributed by atoms with Crippen molar-refractivity contribution >= 4 is 29.3 Å². The minimum absolute atomic E-state index is 0.122. The van der Waals surface area contributed by atoms with Gasteiger partial charge in [-0.3, -0.25) is 4.79 Å². The van der Waals surface area contributed by atoms with Gasteiger partial charge in [0.25, 0.3) is 0 Å². The minimum atomic E-state index is 0.122. The van der Waals surface area contributed by atoms with E-state index in [1.54, 1.807) is 16.7 Å². The number of benzene rings is 2. The number of amides is 1. The normalized spacial score (nSPS) is 12.7. The second kappa shape index (κ2) is 8.50. The molecule has 1 heterocycles. The Bertz CT molecular complexity index is 736. The van der Waals surface area contributed by atoms with Crippen LogP contribution in [-0.4, -0.2) is 36.8 Å². The molecule has 3 rings (SSSR count). The number of hydrogen-bond acceptors (Lipinski definition) is 4. The smallest absolute Gasteiger partial charge is 0.223 e. The van der Waals surface area contributed by atoms with Crippen molar-refractivity contribution in [2.45, 2.75) is 17.9 Å². The molecule has 0 aromatic heterocycles. The molecule has 4 nitrogen and oxygen atoms in total. The minimum Gasteiger partial charge on any atom is -0.486 e. The van der Waals surface area contributed by atoms with Crippen molar-refractivity contribution in [2.24, 2.45) is 0 Å². The Morgan fingerprint density at radius 3 is 2.60 bits per heavy atom. The molecule has 0 bridgehead atoms. The highest BCUT2D eigenvalue weighted by molar-refractivity contribution is 7.99. The van der Waals surface area contributed by atoms with Crippen molar-refractivity contribution in [1.29, 1.82) is 0 Å². The van der Waals surface area contributed by atoms with E-state index in [-0.39, 0.29) is 5.91 Å². The SMILES string of the molecule is CN(Cc1ccc2c(c1)OCCO2)C(=O)CCSc1ccc(Cl)cc1. The summed E-state index contributed by atoms with van der Waals surface area (Å²) in [5.74, 6) is 2.38. The van der Waals surface area contributed by atoms with E-state index in [1.165, 1.54) is 0 Å². The van der Waals surface area contributed by atoms with Crippen LogP contribution in [-0.2, 0) is 11.3 Å². The maximum Gasteiger partial charge on any atom is 0.223 e. The molecule has 0 saturated carbocycles. The lowest BCUT2D eigenvalue weighted by atomic mass is 10.2. The zero-order valence-corrected chi connectivity index (χ0v) is 15.6. The molecule has 1 amide bonds. The van der Waals surface area contributed by atoms with Crippen molar-refractivity contribution in [3.8, 4) is 11.5 Å². The highest BCUT2D eigenvalue weighted by Crippen LogP contribution is 2.31. The fourth-order valence-corrected chi connectivity index (χ4v) is 3.49. The highest BCUT2D eigenvalue weighted by Gasteiger charge is 2.14. The van der Waals surface area contributed by atoms with E-state index in [4.69, 9.17) is 21.1 Å². The lowest BCUT2D eigenvalue weighted by Gasteiger charge is -2.21. The lowest BCUT2D eigenvalue weighted by Crippen LogP contribution is -2.26. The first-order valence-corrected chi connectivity index (χ1v) is 9.49. The molecule has 132 valence electrons. The van der Waals surface area contributed by atoms with E-state index in [9.17, 15) is 4.79 Å². The van der Waals surface area contributed by atoms with Crippen molar-refractivity contribution < 1.29 is 14.3 Å². The van der Waals surface area contributed by atoms with E-state index in [0.717, 1.165) is 32.7 Å². The quantitative estimate of drug-likeness (QED) is 0.705. The monoisotopic (exact) mass is 377 g/mol. The fraction of sp³-hybridized carbons (Fsp3) is 0.316. The van der Waals surface area contributed by atoms with Crippen LogP contribution in [0.4, 0.5) is 0 Å². The number of ether oxygens (including phenoxy) is 2. The van der Waals surface area contributed by atoms with Gasteiger partial charge in [-0.2, -0.15) is 0 Å². The van der Waals surface area contributed by atoms with Crippen LogP contribution in [0.5, 0.6) is 11.5 Å². The molecule has 25 heavy (non-hydrogen) atoms. The fourth-order valence-electron chi connectivity index (χ4n) is 2.53. The Labute approximate surface area is 157 Å². The van der Waals surface area contributed by atoms with Crippen LogP contribution in [0, 0.1) is 0 Å². The number of thioether (sulfide) groups is 1. The number of rotatable bonds is 6. The van der Waals surface area contributed by atoms with Gasteiger partial charge in [0.15, 0.2) is 11.5 Å². The molecular formula is C19H20ClNO3S. The Morgan fingerprint density at radius 2 is 1.84 bits per heavy atom. The lowest BCUT2D eigenvalue weighted by molar-refractivity contribution is -0.129. The van der Waals surface area contributed by atoms with Crippen LogP contribution in [0.3, 0.4) is 0 Å². The zero-order chi connectivity index (χ0) is 17.6. The van der Waals surface area contributed by atoms with E-state index in [2.05, 4.69) is 0 Å². The largest absolute Gasteiger partial charge is 0.486 e. The number of halogens is 1. The van der Waals surface area contributed by atoms with Gasteiger partial charge in [0.2, 0.25) is 5.91 Å². The van der Waals surface area contributed by atoms with Gasteiger partial charge in [-0.25, -0.2) is 0 Å². The van der Waals surface area contributed by atoms with E-state index in [0.29, 0.717) is 26.2 Å². The van der Waals surface area contributed by atoms with Crippen molar-refractivity contribution in [2.75, 3.05) is 26.0 Å². The molecule has 2 aromatic rings. The summed E-state index contributed by atoms with van der Waals surface area (Å²) < 4.78 is 11.1. The summed E-state index contributed by atoms with van der Waals surface area (Å²) in [5, 5.41) is 0.722. The predicted molar refractivity (Wildman–Crippen MR) is 101 cm³/mol. The molecule has 0 radical (unpaired) electrons. The maximum atomic E-state index is 12.3. The van der Waals surface area contributed by atoms with E-state index >= 15 is 0 Å². The molecule has 2 aromatic carbocycles. The first-order chi connectivity index (χ1) is 12.1. The molecule has 0 unspecified atom stereocenters. The maximum absolute atomic E-state index is 12.3. The van der Waals surface area contributed by atoms with Crippen LogP contribution < -0.4 is 9.47 Å². The van der Waals surface area contributed by atoms with Crippen molar-refractivity contribution in [3.05, 3.63) is 53.1 Å². The molecule has 1 aliphatic rings. The van der Waals surface area contributed by atoms with Gasteiger partial charge >= 0.3 is 0 Å². The van der Waals surface area contributed by atoms with Gasteiger partial charge in [-0.15, -0.1) is 11.8 Å². The molecule has 0 saturated heterocycles. The molecule has 0 atom stereocenters. The summed E-state index contributed by atoms with van der Waals surface area (Å²) in [5.41, 5.74) is 1.03. The van der Waals surface area contributed by atoms with E-state index < -0.39 is 0 Å². The number of fused-ring (bicyclic) bond motifs is 1. The topological polar surface area (TPSA) is 38.8 Å². The average Bonchev–Trinajstić information content (AvgIpc) is 2.63. The number of nitrogens with zero attached hydrogens (tertiary/aromatic N) is 1. The first-order valence-electron chi connectivity index (χ1n) is 8.13. The second-order valence-corrected chi connectivity index (χ2v) is 7.38. The molecule has 0 spiro atoms. The van der Waals surface area contributed by atoms with Crippen LogP contribution in [0.1, 0.15) is 12.0 Å². The molecule has 0 aliphatic carbocycles. The van der Waals surface area contributed by atoms with Gasteiger partial charge in [-0.1, -0.05) is 17.7 Å². The second-order valence-electron chi connectivity index (χ2n) is 5.78. The standard InChI is InChI=1S/C19H20ClNO3S/c1-21(13-14-2-7-17-18(12-14)24-10-9-23-17)19(22)8-11-25-16-5-3-15(20)4-6-16/h2-7,12H,8-11,13H2,1H3. The number of carbonyl (C=O) groups excluding carboxylic acids is 1. The summed E-state index contributed by atoms with van der Waals surface area (Å²) in [6.07, 6.45) is 0.494. The Kier molecular flexibility index (Phi) is 6.10. The Hall–Kier alpha value is -1.85. The van der Waals surface area contributed by atoms with Gasteiger partial charge in [0.1, 0.15) is 13.2 Å². The van der Waals surface area contributed by atoms with Crippen LogP contribution >= 0.6 is 23.4 Å². The summed E-state index contributed by atoms with van der Waals surface area (Å²) >= 11 is 7.53. The molecule has 0 fully saturated rings. The van der Waals surface area contributed by atoms with Crippen LogP contribution in [0.25, 0.3) is 0 Å². The highest BCUT2D eigenvalue weighted by atomic mass is 35.5. The Morgan fingerprint density at radius 1 is 1.12 bits per heavy atom. The molecule has 6 heteroatoms. The summed E-state index contributed by atoms with van der Waals surface area (Å²) in [4.78, 5) is 15.2. The molecule has 1 aliphatic heterocycles. The summed E-state index contributed by atoms with van der Waals surface area (Å²) in [6.45, 7) is 1.70. The number of hydrogen-bond donors (Lipinski definition) is 0. The summed E-state index contributed by atoms with van der Waals surface area (Å²) in [7, 11) is 1.83. The van der Waals surface area contributed by atoms with Crippen LogP contribution in [0.2, 0.25) is 5.02 Å². The average molecular weight is 378 g/mol. The van der Waals surface area contributed by atoms with Gasteiger partial charge in [0, 0.05) is 35.7 Å². The Balaban J connectivity index is 1.48.